The molecule has 0 N–H and O–H groups in total. The smallest absolute Gasteiger partial charge is 0.131 e. The SMILES string of the molecule is c1cncc(-c2csc(C(Cc3cccnc3N3CCCCC3)c3cccnc3)n2)c1. The van der Waals surface area contributed by atoms with Crippen LogP contribution in [0.15, 0.2) is 72.8 Å². The molecule has 1 aliphatic heterocycles. The molecule has 31 heavy (non-hydrogen) atoms. The van der Waals surface area contributed by atoms with Gasteiger partial charge in [-0.15, -0.1) is 11.3 Å². The van der Waals surface area contributed by atoms with Gasteiger partial charge in [-0.25, -0.2) is 9.97 Å². The average Bonchev–Trinajstić information content (AvgIpc) is 3.34. The molecule has 0 spiro atoms. The fourth-order valence-electron chi connectivity index (χ4n) is 4.22. The highest BCUT2D eigenvalue weighted by Crippen LogP contribution is 2.35. The highest BCUT2D eigenvalue weighted by atomic mass is 32.1. The summed E-state index contributed by atoms with van der Waals surface area (Å²) in [5.74, 6) is 1.26. The summed E-state index contributed by atoms with van der Waals surface area (Å²) in [5.41, 5.74) is 4.48. The molecule has 1 unspecified atom stereocenters. The monoisotopic (exact) mass is 427 g/mol. The van der Waals surface area contributed by atoms with Crippen LogP contribution in [-0.4, -0.2) is 33.0 Å². The molecular formula is C25H25N5S. The number of aromatic nitrogens is 4. The van der Waals surface area contributed by atoms with Crippen LogP contribution in [0.25, 0.3) is 11.3 Å². The quantitative estimate of drug-likeness (QED) is 0.415. The zero-order valence-corrected chi connectivity index (χ0v) is 18.2. The number of piperidine rings is 1. The molecule has 0 saturated carbocycles. The van der Waals surface area contributed by atoms with E-state index in [0.717, 1.165) is 41.6 Å². The number of rotatable bonds is 6. The molecule has 4 aromatic heterocycles. The van der Waals surface area contributed by atoms with Gasteiger partial charge < -0.3 is 4.90 Å². The molecule has 5 rings (SSSR count). The third kappa shape index (κ3) is 4.49. The summed E-state index contributed by atoms with van der Waals surface area (Å²) in [6.07, 6.45) is 14.0. The van der Waals surface area contributed by atoms with Gasteiger partial charge in [-0.1, -0.05) is 12.1 Å². The van der Waals surface area contributed by atoms with Crippen LogP contribution in [0.3, 0.4) is 0 Å². The van der Waals surface area contributed by atoms with Gasteiger partial charge in [0.2, 0.25) is 0 Å². The molecule has 1 atom stereocenters. The normalized spacial score (nSPS) is 15.0. The second-order valence-electron chi connectivity index (χ2n) is 7.89. The van der Waals surface area contributed by atoms with Gasteiger partial charge in [0, 0.05) is 60.9 Å². The Bertz CT molecular complexity index is 1110. The molecule has 0 radical (unpaired) electrons. The number of nitrogens with zero attached hydrogens (tertiary/aromatic N) is 5. The first-order chi connectivity index (χ1) is 15.4. The van der Waals surface area contributed by atoms with Crippen LogP contribution in [0.5, 0.6) is 0 Å². The van der Waals surface area contributed by atoms with Crippen molar-refractivity contribution in [2.24, 2.45) is 0 Å². The van der Waals surface area contributed by atoms with Crippen LogP contribution < -0.4 is 4.90 Å². The maximum Gasteiger partial charge on any atom is 0.131 e. The van der Waals surface area contributed by atoms with Crippen molar-refractivity contribution in [2.45, 2.75) is 31.6 Å². The Morgan fingerprint density at radius 2 is 1.71 bits per heavy atom. The van der Waals surface area contributed by atoms with Crippen molar-refractivity contribution in [3.05, 3.63) is 88.9 Å². The highest BCUT2D eigenvalue weighted by Gasteiger charge is 2.23. The van der Waals surface area contributed by atoms with Crippen LogP contribution in [-0.2, 0) is 6.42 Å². The van der Waals surface area contributed by atoms with E-state index in [4.69, 9.17) is 9.97 Å². The zero-order chi connectivity index (χ0) is 20.9. The summed E-state index contributed by atoms with van der Waals surface area (Å²) in [6, 6.07) is 12.4. The Labute approximate surface area is 186 Å². The molecule has 156 valence electrons. The van der Waals surface area contributed by atoms with Crippen LogP contribution in [0, 0.1) is 0 Å². The molecule has 0 bridgehead atoms. The lowest BCUT2D eigenvalue weighted by atomic mass is 9.93. The first-order valence-corrected chi connectivity index (χ1v) is 11.7. The standard InChI is InChI=1S/C25H25N5S/c1-2-13-30(14-3-1)24-19(7-6-12-28-24)15-22(20-8-4-10-26-16-20)25-29-23(18-31-25)21-9-5-11-27-17-21/h4-12,16-18,22H,1-3,13-15H2. The van der Waals surface area contributed by atoms with Gasteiger partial charge in [-0.3, -0.25) is 9.97 Å². The van der Waals surface area contributed by atoms with Gasteiger partial charge in [-0.2, -0.15) is 0 Å². The van der Waals surface area contributed by atoms with Crippen molar-refractivity contribution in [1.82, 2.24) is 19.9 Å². The second kappa shape index (κ2) is 9.35. The molecule has 5 heterocycles. The van der Waals surface area contributed by atoms with Crippen LogP contribution in [0.1, 0.15) is 41.3 Å². The molecule has 0 aliphatic carbocycles. The fraction of sp³-hybridized carbons (Fsp3) is 0.280. The molecule has 1 aliphatic rings. The Morgan fingerprint density at radius 1 is 0.903 bits per heavy atom. The average molecular weight is 428 g/mol. The predicted molar refractivity (Wildman–Crippen MR) is 125 cm³/mol. The zero-order valence-electron chi connectivity index (χ0n) is 17.4. The molecule has 1 saturated heterocycles. The van der Waals surface area contributed by atoms with E-state index in [9.17, 15) is 0 Å². The lowest BCUT2D eigenvalue weighted by Crippen LogP contribution is -2.31. The lowest BCUT2D eigenvalue weighted by molar-refractivity contribution is 0.571. The van der Waals surface area contributed by atoms with Gasteiger partial charge in [0.1, 0.15) is 10.8 Å². The van der Waals surface area contributed by atoms with Gasteiger partial charge in [0.05, 0.1) is 5.69 Å². The summed E-state index contributed by atoms with van der Waals surface area (Å²) in [6.45, 7) is 2.17. The molecule has 0 aromatic carbocycles. The molecular weight excluding hydrogens is 402 g/mol. The maximum absolute atomic E-state index is 5.01. The molecule has 5 nitrogen and oxygen atoms in total. The van der Waals surface area contributed by atoms with Gasteiger partial charge in [0.25, 0.3) is 0 Å². The predicted octanol–water partition coefficient (Wildman–Crippen LogP) is 5.36. The summed E-state index contributed by atoms with van der Waals surface area (Å²) in [5, 5.41) is 3.23. The topological polar surface area (TPSA) is 54.8 Å². The Kier molecular flexibility index (Phi) is 5.98. The highest BCUT2D eigenvalue weighted by molar-refractivity contribution is 7.10. The molecule has 1 fully saturated rings. The van der Waals surface area contributed by atoms with Crippen molar-refractivity contribution in [3.8, 4) is 11.3 Å². The van der Waals surface area contributed by atoms with E-state index in [-0.39, 0.29) is 5.92 Å². The van der Waals surface area contributed by atoms with Crippen molar-refractivity contribution >= 4 is 17.2 Å². The van der Waals surface area contributed by atoms with Crippen LogP contribution in [0.2, 0.25) is 0 Å². The van der Waals surface area contributed by atoms with E-state index in [1.165, 1.54) is 30.4 Å². The molecule has 0 amide bonds. The van der Waals surface area contributed by atoms with E-state index in [1.807, 2.05) is 43.0 Å². The Hall–Kier alpha value is -3.12. The minimum atomic E-state index is 0.136. The van der Waals surface area contributed by atoms with Crippen molar-refractivity contribution in [2.75, 3.05) is 18.0 Å². The number of pyridine rings is 3. The van der Waals surface area contributed by atoms with Crippen LogP contribution in [0.4, 0.5) is 5.82 Å². The summed E-state index contributed by atoms with van der Waals surface area (Å²) in [7, 11) is 0. The molecule has 4 aromatic rings. The maximum atomic E-state index is 5.01. The van der Waals surface area contributed by atoms with Crippen molar-refractivity contribution in [1.29, 1.82) is 0 Å². The minimum Gasteiger partial charge on any atom is -0.356 e. The Morgan fingerprint density at radius 3 is 2.48 bits per heavy atom. The third-order valence-electron chi connectivity index (χ3n) is 5.81. The lowest BCUT2D eigenvalue weighted by Gasteiger charge is -2.30. The van der Waals surface area contributed by atoms with E-state index in [0.29, 0.717) is 0 Å². The molecule has 6 heteroatoms. The van der Waals surface area contributed by atoms with E-state index in [2.05, 4.69) is 38.4 Å². The van der Waals surface area contributed by atoms with Gasteiger partial charge in [-0.05, 0) is 61.1 Å². The first-order valence-electron chi connectivity index (χ1n) is 10.8. The van der Waals surface area contributed by atoms with E-state index in [1.54, 1.807) is 17.5 Å². The van der Waals surface area contributed by atoms with Crippen molar-refractivity contribution in [3.63, 3.8) is 0 Å². The first kappa shape index (κ1) is 19.8. The van der Waals surface area contributed by atoms with E-state index >= 15 is 0 Å². The minimum absolute atomic E-state index is 0.136. The fourth-order valence-corrected chi connectivity index (χ4v) is 5.18. The van der Waals surface area contributed by atoms with Gasteiger partial charge >= 0.3 is 0 Å². The van der Waals surface area contributed by atoms with Crippen molar-refractivity contribution < 1.29 is 0 Å². The number of anilines is 1. The Balaban J connectivity index is 1.50. The summed E-state index contributed by atoms with van der Waals surface area (Å²) >= 11 is 1.71. The summed E-state index contributed by atoms with van der Waals surface area (Å²) < 4.78 is 0. The number of thiazole rings is 1. The van der Waals surface area contributed by atoms with E-state index < -0.39 is 0 Å². The van der Waals surface area contributed by atoms with Gasteiger partial charge in [0.15, 0.2) is 0 Å². The number of hydrogen-bond acceptors (Lipinski definition) is 6. The second-order valence-corrected chi connectivity index (χ2v) is 8.78. The largest absolute Gasteiger partial charge is 0.356 e. The number of hydrogen-bond donors (Lipinski definition) is 0. The third-order valence-corrected chi connectivity index (χ3v) is 6.77. The van der Waals surface area contributed by atoms with Crippen LogP contribution >= 0.6 is 11.3 Å². The summed E-state index contributed by atoms with van der Waals surface area (Å²) in [4.78, 5) is 20.9.